The highest BCUT2D eigenvalue weighted by Gasteiger charge is 2.26. The second kappa shape index (κ2) is 8.79. The van der Waals surface area contributed by atoms with Gasteiger partial charge in [-0.25, -0.2) is 0 Å². The Kier molecular flexibility index (Phi) is 6.74. The first-order chi connectivity index (χ1) is 11.5. The molecule has 1 atom stereocenters. The maximum atomic E-state index is 12.4. The number of benzene rings is 1. The summed E-state index contributed by atoms with van der Waals surface area (Å²) in [5.41, 5.74) is 6.60. The molecule has 0 radical (unpaired) electrons. The molecular weight excluding hydrogens is 322 g/mol. The molecule has 1 amide bonds. The Morgan fingerprint density at radius 2 is 2.08 bits per heavy atom. The number of amides is 1. The zero-order valence-electron chi connectivity index (χ0n) is 13.5. The van der Waals surface area contributed by atoms with E-state index >= 15 is 0 Å². The van der Waals surface area contributed by atoms with Gasteiger partial charge in [0.05, 0.1) is 13.2 Å². The second-order valence-corrected chi connectivity index (χ2v) is 5.56. The molecule has 1 unspecified atom stereocenters. The van der Waals surface area contributed by atoms with Gasteiger partial charge < -0.3 is 25.3 Å². The van der Waals surface area contributed by atoms with Gasteiger partial charge in [0.2, 0.25) is 5.91 Å². The summed E-state index contributed by atoms with van der Waals surface area (Å²) >= 11 is 0. The molecule has 0 spiro atoms. The van der Waals surface area contributed by atoms with E-state index in [2.05, 4.69) is 10.1 Å². The van der Waals surface area contributed by atoms with Crippen LogP contribution >= 0.6 is 0 Å². The topological polar surface area (TPSA) is 82.8 Å². The number of carbonyl (C=O) groups is 1. The second-order valence-electron chi connectivity index (χ2n) is 5.56. The van der Waals surface area contributed by atoms with Crippen molar-refractivity contribution in [3.8, 4) is 11.5 Å². The smallest absolute Gasteiger partial charge is 0.387 e. The number of alkyl halides is 2. The van der Waals surface area contributed by atoms with E-state index in [1.54, 1.807) is 6.07 Å². The number of hydrogen-bond donors (Lipinski definition) is 2. The first kappa shape index (κ1) is 18.4. The van der Waals surface area contributed by atoms with Crippen molar-refractivity contribution in [3.05, 3.63) is 23.8 Å². The van der Waals surface area contributed by atoms with E-state index in [1.165, 1.54) is 19.2 Å². The van der Waals surface area contributed by atoms with E-state index in [9.17, 15) is 13.6 Å². The summed E-state index contributed by atoms with van der Waals surface area (Å²) in [4.78, 5) is 12.1. The molecule has 0 aromatic heterocycles. The van der Waals surface area contributed by atoms with Crippen molar-refractivity contribution in [1.82, 2.24) is 5.32 Å². The van der Waals surface area contributed by atoms with Crippen molar-refractivity contribution in [2.24, 2.45) is 11.7 Å². The summed E-state index contributed by atoms with van der Waals surface area (Å²) in [5.74, 6) is -0.0568. The molecule has 24 heavy (non-hydrogen) atoms. The van der Waals surface area contributed by atoms with Gasteiger partial charge in [-0.15, -0.1) is 0 Å². The molecule has 6 nitrogen and oxygen atoms in total. The van der Waals surface area contributed by atoms with E-state index in [4.69, 9.17) is 15.2 Å². The Morgan fingerprint density at radius 1 is 1.38 bits per heavy atom. The number of hydrogen-bond acceptors (Lipinski definition) is 5. The third kappa shape index (κ3) is 5.04. The fraction of sp³-hybridized carbons (Fsp3) is 0.562. The number of rotatable bonds is 7. The lowest BCUT2D eigenvalue weighted by molar-refractivity contribution is -0.124. The van der Waals surface area contributed by atoms with Gasteiger partial charge in [-0.2, -0.15) is 8.78 Å². The maximum absolute atomic E-state index is 12.4. The fourth-order valence-electron chi connectivity index (χ4n) is 2.62. The fourth-order valence-corrected chi connectivity index (χ4v) is 2.62. The molecule has 0 aliphatic carbocycles. The van der Waals surface area contributed by atoms with Crippen LogP contribution in [0.1, 0.15) is 18.4 Å². The molecular formula is C16H22F2N2O4. The van der Waals surface area contributed by atoms with Crippen molar-refractivity contribution in [2.75, 3.05) is 20.3 Å². The summed E-state index contributed by atoms with van der Waals surface area (Å²) in [5, 5.41) is 2.73. The van der Waals surface area contributed by atoms with Crippen LogP contribution in [0.15, 0.2) is 18.2 Å². The van der Waals surface area contributed by atoms with Gasteiger partial charge in [0.15, 0.2) is 11.5 Å². The number of methoxy groups -OCH3 is 1. The molecule has 0 saturated carbocycles. The van der Waals surface area contributed by atoms with Gasteiger partial charge >= 0.3 is 6.61 Å². The van der Waals surface area contributed by atoms with Crippen LogP contribution in [0.5, 0.6) is 11.5 Å². The molecule has 1 aromatic rings. The minimum atomic E-state index is -2.95. The standard InChI is InChI=1S/C16H22F2N2O4/c1-22-12-3-2-10(8-13(12)24-16(17)18)9-20-15(21)14(19)11-4-6-23-7-5-11/h2-3,8,11,14,16H,4-7,9,19H2,1H3,(H,20,21). The first-order valence-electron chi connectivity index (χ1n) is 7.74. The van der Waals surface area contributed by atoms with Gasteiger partial charge in [0, 0.05) is 19.8 Å². The summed E-state index contributed by atoms with van der Waals surface area (Å²) in [7, 11) is 1.36. The van der Waals surface area contributed by atoms with Gasteiger partial charge in [-0.05, 0) is 36.5 Å². The predicted molar refractivity (Wildman–Crippen MR) is 83.0 cm³/mol. The summed E-state index contributed by atoms with van der Waals surface area (Å²) in [6.07, 6.45) is 1.51. The Labute approximate surface area is 139 Å². The Balaban J connectivity index is 1.94. The van der Waals surface area contributed by atoms with Gasteiger partial charge in [0.1, 0.15) is 0 Å². The molecule has 3 N–H and O–H groups in total. The SMILES string of the molecule is COc1ccc(CNC(=O)C(N)C2CCOCC2)cc1OC(F)F. The Bertz CT molecular complexity index is 551. The van der Waals surface area contributed by atoms with Gasteiger partial charge in [-0.3, -0.25) is 4.79 Å². The third-order valence-corrected chi connectivity index (χ3v) is 3.99. The molecule has 0 bridgehead atoms. The zero-order valence-corrected chi connectivity index (χ0v) is 13.5. The Hall–Kier alpha value is -1.93. The number of carbonyl (C=O) groups excluding carboxylic acids is 1. The highest BCUT2D eigenvalue weighted by Crippen LogP contribution is 2.29. The molecule has 1 aliphatic heterocycles. The Morgan fingerprint density at radius 3 is 2.71 bits per heavy atom. The molecule has 8 heteroatoms. The van der Waals surface area contributed by atoms with Crippen LogP contribution in [0.3, 0.4) is 0 Å². The van der Waals surface area contributed by atoms with Gasteiger partial charge in [0.25, 0.3) is 0 Å². The van der Waals surface area contributed by atoms with Crippen LogP contribution in [0.25, 0.3) is 0 Å². The van der Waals surface area contributed by atoms with Gasteiger partial charge in [-0.1, -0.05) is 6.07 Å². The maximum Gasteiger partial charge on any atom is 0.387 e. The molecule has 1 aromatic carbocycles. The van der Waals surface area contributed by atoms with Crippen LogP contribution in [0.4, 0.5) is 8.78 Å². The van der Waals surface area contributed by atoms with Crippen molar-refractivity contribution >= 4 is 5.91 Å². The minimum Gasteiger partial charge on any atom is -0.493 e. The summed E-state index contributed by atoms with van der Waals surface area (Å²) in [6.45, 7) is -1.57. The van der Waals surface area contributed by atoms with Crippen molar-refractivity contribution in [2.45, 2.75) is 32.0 Å². The van der Waals surface area contributed by atoms with Crippen LogP contribution in [-0.2, 0) is 16.1 Å². The van der Waals surface area contributed by atoms with E-state index in [0.717, 1.165) is 12.8 Å². The first-order valence-corrected chi connectivity index (χ1v) is 7.74. The van der Waals surface area contributed by atoms with Crippen molar-refractivity contribution in [1.29, 1.82) is 0 Å². The minimum absolute atomic E-state index is 0.0759. The quantitative estimate of drug-likeness (QED) is 0.786. The average molecular weight is 344 g/mol. The van der Waals surface area contributed by atoms with Crippen LogP contribution < -0.4 is 20.5 Å². The molecule has 1 heterocycles. The van der Waals surface area contributed by atoms with E-state index in [-0.39, 0.29) is 29.9 Å². The van der Waals surface area contributed by atoms with Crippen molar-refractivity contribution < 1.29 is 27.8 Å². The number of ether oxygens (including phenoxy) is 3. The highest BCUT2D eigenvalue weighted by atomic mass is 19.3. The lowest BCUT2D eigenvalue weighted by Crippen LogP contribution is -2.46. The van der Waals surface area contributed by atoms with E-state index < -0.39 is 12.7 Å². The third-order valence-electron chi connectivity index (χ3n) is 3.99. The largest absolute Gasteiger partial charge is 0.493 e. The molecule has 2 rings (SSSR count). The summed E-state index contributed by atoms with van der Waals surface area (Å²) < 4.78 is 39.5. The lowest BCUT2D eigenvalue weighted by atomic mass is 9.92. The van der Waals surface area contributed by atoms with Crippen LogP contribution in [0.2, 0.25) is 0 Å². The van der Waals surface area contributed by atoms with Crippen LogP contribution in [0, 0.1) is 5.92 Å². The van der Waals surface area contributed by atoms with Crippen LogP contribution in [-0.4, -0.2) is 38.9 Å². The molecule has 1 fully saturated rings. The number of nitrogens with two attached hydrogens (primary N) is 1. The molecule has 134 valence electrons. The molecule has 1 saturated heterocycles. The lowest BCUT2D eigenvalue weighted by Gasteiger charge is -2.26. The van der Waals surface area contributed by atoms with Crippen molar-refractivity contribution in [3.63, 3.8) is 0 Å². The number of nitrogens with one attached hydrogen (secondary N) is 1. The highest BCUT2D eigenvalue weighted by molar-refractivity contribution is 5.81. The molecule has 1 aliphatic rings. The van der Waals surface area contributed by atoms with E-state index in [1.807, 2.05) is 0 Å². The average Bonchev–Trinajstić information content (AvgIpc) is 2.59. The zero-order chi connectivity index (χ0) is 17.5. The van der Waals surface area contributed by atoms with E-state index in [0.29, 0.717) is 18.8 Å². The number of halogens is 2. The normalized spacial score (nSPS) is 16.7. The summed E-state index contributed by atoms with van der Waals surface area (Å²) in [6, 6.07) is 3.98. The monoisotopic (exact) mass is 344 g/mol. The predicted octanol–water partition coefficient (Wildman–Crippen LogP) is 1.67.